The summed E-state index contributed by atoms with van der Waals surface area (Å²) in [5.74, 6) is 0.229. The number of halogens is 2. The minimum absolute atomic E-state index is 0. The van der Waals surface area contributed by atoms with Crippen LogP contribution in [-0.2, 0) is 16.1 Å². The van der Waals surface area contributed by atoms with Crippen LogP contribution in [0.3, 0.4) is 0 Å². The minimum atomic E-state index is 0. The maximum Gasteiger partial charge on any atom is 0.223 e. The van der Waals surface area contributed by atoms with Gasteiger partial charge in [-0.2, -0.15) is 0 Å². The normalized spacial score (nSPS) is 26.4. The molecule has 1 amide bonds. The Morgan fingerprint density at radius 3 is 2.71 bits per heavy atom. The topological polar surface area (TPSA) is 67.6 Å². The fraction of sp³-hybridized carbons (Fsp3) is 0.667. The summed E-state index contributed by atoms with van der Waals surface area (Å²) < 4.78 is 6.03. The van der Waals surface area contributed by atoms with Gasteiger partial charge in [0.05, 0.1) is 18.8 Å². The fourth-order valence-corrected chi connectivity index (χ4v) is 4.18. The van der Waals surface area contributed by atoms with Gasteiger partial charge in [-0.25, -0.2) is 0 Å². The molecular formula is C21H35Cl2N3O2. The second-order valence-corrected chi connectivity index (χ2v) is 7.78. The molecule has 0 spiro atoms. The molecule has 1 aromatic carbocycles. The van der Waals surface area contributed by atoms with Gasteiger partial charge in [-0.15, -0.1) is 24.8 Å². The molecule has 0 bridgehead atoms. The van der Waals surface area contributed by atoms with Crippen molar-refractivity contribution in [2.75, 3.05) is 19.7 Å². The number of nitrogens with zero attached hydrogens (tertiary/aromatic N) is 1. The third kappa shape index (κ3) is 7.20. The molecule has 1 aliphatic heterocycles. The van der Waals surface area contributed by atoms with Gasteiger partial charge in [0.2, 0.25) is 5.91 Å². The number of amides is 1. The molecule has 3 rings (SSSR count). The molecule has 1 saturated carbocycles. The molecule has 7 heteroatoms. The van der Waals surface area contributed by atoms with Crippen molar-refractivity contribution in [2.24, 2.45) is 11.7 Å². The first-order valence-electron chi connectivity index (χ1n) is 10.1. The number of morpholine rings is 1. The second-order valence-electron chi connectivity index (χ2n) is 7.78. The molecule has 2 aliphatic rings. The van der Waals surface area contributed by atoms with Gasteiger partial charge in [-0.1, -0.05) is 43.7 Å². The van der Waals surface area contributed by atoms with Gasteiger partial charge in [0.15, 0.2) is 0 Å². The molecular weight excluding hydrogens is 397 g/mol. The highest BCUT2D eigenvalue weighted by atomic mass is 35.5. The van der Waals surface area contributed by atoms with E-state index in [2.05, 4.69) is 41.4 Å². The number of hydrogen-bond acceptors (Lipinski definition) is 4. The van der Waals surface area contributed by atoms with E-state index in [4.69, 9.17) is 10.5 Å². The van der Waals surface area contributed by atoms with Crippen molar-refractivity contribution in [3.8, 4) is 0 Å². The molecule has 4 unspecified atom stereocenters. The van der Waals surface area contributed by atoms with Gasteiger partial charge < -0.3 is 15.8 Å². The van der Waals surface area contributed by atoms with E-state index in [-0.39, 0.29) is 54.8 Å². The van der Waals surface area contributed by atoms with Crippen molar-refractivity contribution in [3.63, 3.8) is 0 Å². The molecule has 1 saturated heterocycles. The van der Waals surface area contributed by atoms with Crippen molar-refractivity contribution in [1.82, 2.24) is 10.2 Å². The van der Waals surface area contributed by atoms with E-state index >= 15 is 0 Å². The Labute approximate surface area is 181 Å². The van der Waals surface area contributed by atoms with Gasteiger partial charge in [0.1, 0.15) is 0 Å². The zero-order chi connectivity index (χ0) is 18.4. The van der Waals surface area contributed by atoms with Crippen LogP contribution < -0.4 is 11.1 Å². The van der Waals surface area contributed by atoms with Gasteiger partial charge in [-0.05, 0) is 31.2 Å². The number of nitrogens with one attached hydrogen (secondary N) is 1. The monoisotopic (exact) mass is 431 g/mol. The first-order chi connectivity index (χ1) is 12.7. The van der Waals surface area contributed by atoms with Crippen molar-refractivity contribution < 1.29 is 9.53 Å². The summed E-state index contributed by atoms with van der Waals surface area (Å²) in [6, 6.07) is 10.8. The van der Waals surface area contributed by atoms with Crippen LogP contribution in [-0.4, -0.2) is 48.7 Å². The number of ether oxygens (including phenoxy) is 1. The highest BCUT2D eigenvalue weighted by molar-refractivity contribution is 5.85. The third-order valence-electron chi connectivity index (χ3n) is 5.73. The smallest absolute Gasteiger partial charge is 0.223 e. The van der Waals surface area contributed by atoms with Crippen molar-refractivity contribution in [2.45, 2.75) is 63.8 Å². The molecule has 1 aromatic rings. The fourth-order valence-electron chi connectivity index (χ4n) is 4.18. The maximum absolute atomic E-state index is 12.7. The second kappa shape index (κ2) is 12.7. The Bertz CT molecular complexity index is 576. The van der Waals surface area contributed by atoms with Crippen LogP contribution in [0.1, 0.15) is 44.6 Å². The lowest BCUT2D eigenvalue weighted by atomic mass is 9.85. The molecule has 28 heavy (non-hydrogen) atoms. The first-order valence-corrected chi connectivity index (χ1v) is 10.1. The van der Waals surface area contributed by atoms with Gasteiger partial charge in [0, 0.05) is 31.6 Å². The van der Waals surface area contributed by atoms with Gasteiger partial charge in [0.25, 0.3) is 0 Å². The quantitative estimate of drug-likeness (QED) is 0.725. The molecule has 5 nitrogen and oxygen atoms in total. The average molecular weight is 432 g/mol. The zero-order valence-corrected chi connectivity index (χ0v) is 18.4. The van der Waals surface area contributed by atoms with E-state index in [1.807, 2.05) is 6.07 Å². The predicted molar refractivity (Wildman–Crippen MR) is 118 cm³/mol. The van der Waals surface area contributed by atoms with Gasteiger partial charge >= 0.3 is 0 Å². The summed E-state index contributed by atoms with van der Waals surface area (Å²) in [5.41, 5.74) is 7.37. The Morgan fingerprint density at radius 1 is 1.29 bits per heavy atom. The summed E-state index contributed by atoms with van der Waals surface area (Å²) in [5, 5.41) is 3.26. The lowest BCUT2D eigenvalue weighted by Crippen LogP contribution is -2.54. The van der Waals surface area contributed by atoms with E-state index in [0.29, 0.717) is 0 Å². The molecule has 0 radical (unpaired) electrons. The molecule has 3 N–H and O–H groups in total. The Kier molecular flexibility index (Phi) is 11.4. The molecule has 2 fully saturated rings. The summed E-state index contributed by atoms with van der Waals surface area (Å²) in [7, 11) is 0. The van der Waals surface area contributed by atoms with E-state index in [9.17, 15) is 4.79 Å². The molecule has 1 heterocycles. The van der Waals surface area contributed by atoms with Crippen molar-refractivity contribution in [1.29, 1.82) is 0 Å². The van der Waals surface area contributed by atoms with Crippen LogP contribution in [0.5, 0.6) is 0 Å². The van der Waals surface area contributed by atoms with Crippen LogP contribution in [0.2, 0.25) is 0 Å². The van der Waals surface area contributed by atoms with E-state index in [1.54, 1.807) is 0 Å². The van der Waals surface area contributed by atoms with Crippen LogP contribution in [0, 0.1) is 5.92 Å². The predicted octanol–water partition coefficient (Wildman–Crippen LogP) is 3.14. The lowest BCUT2D eigenvalue weighted by molar-refractivity contribution is -0.129. The maximum atomic E-state index is 12.7. The zero-order valence-electron chi connectivity index (χ0n) is 16.7. The number of carbonyl (C=O) groups is 1. The van der Waals surface area contributed by atoms with E-state index < -0.39 is 0 Å². The Hall–Kier alpha value is -0.850. The SMILES string of the molecule is CCC(NC(=O)C1CCCC(N)C1)C1CN(Cc2ccccc2)CCO1.Cl.Cl. The number of benzene rings is 1. The van der Waals surface area contributed by atoms with E-state index in [1.165, 1.54) is 5.56 Å². The standard InChI is InChI=1S/C21H33N3O2.2ClH/c1-2-19(23-21(25)17-9-6-10-18(22)13-17)20-15-24(11-12-26-20)14-16-7-4-3-5-8-16;;/h3-5,7-8,17-20H,2,6,9-15,22H2,1H3,(H,23,25);2*1H. The van der Waals surface area contributed by atoms with Crippen molar-refractivity contribution in [3.05, 3.63) is 35.9 Å². The van der Waals surface area contributed by atoms with Crippen molar-refractivity contribution >= 4 is 30.7 Å². The largest absolute Gasteiger partial charge is 0.373 e. The van der Waals surface area contributed by atoms with E-state index in [0.717, 1.165) is 58.3 Å². The van der Waals surface area contributed by atoms with Crippen LogP contribution in [0.25, 0.3) is 0 Å². The van der Waals surface area contributed by atoms with Crippen LogP contribution >= 0.6 is 24.8 Å². The highest BCUT2D eigenvalue weighted by Crippen LogP contribution is 2.24. The summed E-state index contributed by atoms with van der Waals surface area (Å²) in [6.07, 6.45) is 4.81. The molecule has 0 aromatic heterocycles. The summed E-state index contributed by atoms with van der Waals surface area (Å²) in [6.45, 7) is 5.57. The number of nitrogens with two attached hydrogens (primary N) is 1. The van der Waals surface area contributed by atoms with Crippen LogP contribution in [0.15, 0.2) is 30.3 Å². The lowest BCUT2D eigenvalue weighted by Gasteiger charge is -2.38. The molecule has 160 valence electrons. The number of carbonyl (C=O) groups excluding carboxylic acids is 1. The Balaban J connectivity index is 0.00000196. The highest BCUT2D eigenvalue weighted by Gasteiger charge is 2.31. The van der Waals surface area contributed by atoms with Gasteiger partial charge in [-0.3, -0.25) is 9.69 Å². The molecule has 1 aliphatic carbocycles. The van der Waals surface area contributed by atoms with Crippen LogP contribution in [0.4, 0.5) is 0 Å². The number of hydrogen-bond donors (Lipinski definition) is 2. The third-order valence-corrected chi connectivity index (χ3v) is 5.73. The summed E-state index contributed by atoms with van der Waals surface area (Å²) >= 11 is 0. The Morgan fingerprint density at radius 2 is 2.04 bits per heavy atom. The minimum Gasteiger partial charge on any atom is -0.373 e. The molecule has 4 atom stereocenters. The first kappa shape index (κ1) is 25.2. The summed E-state index contributed by atoms with van der Waals surface area (Å²) in [4.78, 5) is 15.1. The average Bonchev–Trinajstić information content (AvgIpc) is 2.67. The number of rotatable bonds is 6.